The van der Waals surface area contributed by atoms with Crippen molar-refractivity contribution in [1.82, 2.24) is 4.98 Å². The van der Waals surface area contributed by atoms with Crippen molar-refractivity contribution in [3.05, 3.63) is 59.4 Å². The SMILES string of the molecule is COCCS(=O)(=O)c1sc(-c2ccc(Cl)cc2)nc1S(=O)(=O)c1ccc(F)cc1. The van der Waals surface area contributed by atoms with Crippen LogP contribution in [-0.4, -0.2) is 41.3 Å². The van der Waals surface area contributed by atoms with Crippen molar-refractivity contribution in [3.8, 4) is 10.6 Å². The van der Waals surface area contributed by atoms with Crippen LogP contribution < -0.4 is 0 Å². The first-order valence-electron chi connectivity index (χ1n) is 8.14. The maximum atomic E-state index is 13.2. The number of halogens is 2. The van der Waals surface area contributed by atoms with Crippen molar-refractivity contribution in [2.24, 2.45) is 0 Å². The molecular weight excluding hydrogens is 461 g/mol. The van der Waals surface area contributed by atoms with Crippen molar-refractivity contribution in [1.29, 1.82) is 0 Å². The predicted octanol–water partition coefficient (Wildman–Crippen LogP) is 3.86. The van der Waals surface area contributed by atoms with Crippen LogP contribution in [0.25, 0.3) is 10.6 Å². The van der Waals surface area contributed by atoms with Crippen molar-refractivity contribution >= 4 is 42.6 Å². The number of benzene rings is 2. The fraction of sp³-hybridized carbons (Fsp3) is 0.167. The van der Waals surface area contributed by atoms with Gasteiger partial charge >= 0.3 is 0 Å². The summed E-state index contributed by atoms with van der Waals surface area (Å²) in [6, 6.07) is 10.5. The smallest absolute Gasteiger partial charge is 0.226 e. The lowest BCUT2D eigenvalue weighted by atomic mass is 10.2. The van der Waals surface area contributed by atoms with Crippen molar-refractivity contribution in [3.63, 3.8) is 0 Å². The van der Waals surface area contributed by atoms with E-state index in [9.17, 15) is 21.2 Å². The molecule has 3 rings (SSSR count). The molecule has 0 saturated heterocycles. The Morgan fingerprint density at radius 1 is 1.03 bits per heavy atom. The van der Waals surface area contributed by atoms with Gasteiger partial charge in [0.2, 0.25) is 9.84 Å². The summed E-state index contributed by atoms with van der Waals surface area (Å²) in [5.74, 6) is -1.02. The number of thiazole rings is 1. The molecule has 1 heterocycles. The van der Waals surface area contributed by atoms with Crippen LogP contribution in [-0.2, 0) is 24.4 Å². The van der Waals surface area contributed by atoms with Crippen LogP contribution in [0, 0.1) is 5.82 Å². The minimum Gasteiger partial charge on any atom is -0.384 e. The second kappa shape index (κ2) is 8.49. The molecule has 0 bridgehead atoms. The second-order valence-corrected chi connectivity index (χ2v) is 11.5. The van der Waals surface area contributed by atoms with Crippen LogP contribution >= 0.6 is 22.9 Å². The van der Waals surface area contributed by atoms with E-state index in [-0.39, 0.29) is 20.7 Å². The molecule has 0 amide bonds. The van der Waals surface area contributed by atoms with Crippen LogP contribution in [0.5, 0.6) is 0 Å². The zero-order chi connectivity index (χ0) is 21.2. The zero-order valence-corrected chi connectivity index (χ0v) is 18.2. The Balaban J connectivity index is 2.21. The summed E-state index contributed by atoms with van der Waals surface area (Å²) in [7, 11) is -6.95. The normalized spacial score (nSPS) is 12.2. The van der Waals surface area contributed by atoms with E-state index in [4.69, 9.17) is 16.3 Å². The summed E-state index contributed by atoms with van der Waals surface area (Å²) in [6.07, 6.45) is 0. The Hall–Kier alpha value is -1.85. The molecule has 29 heavy (non-hydrogen) atoms. The van der Waals surface area contributed by atoms with Gasteiger partial charge in [-0.25, -0.2) is 26.2 Å². The molecule has 0 aliphatic rings. The van der Waals surface area contributed by atoms with Gasteiger partial charge in [0.1, 0.15) is 10.8 Å². The lowest BCUT2D eigenvalue weighted by Crippen LogP contribution is -2.14. The van der Waals surface area contributed by atoms with Crippen LogP contribution in [0.15, 0.2) is 62.7 Å². The van der Waals surface area contributed by atoms with Gasteiger partial charge in [0.15, 0.2) is 19.1 Å². The number of ether oxygens (including phenoxy) is 1. The molecule has 0 aliphatic carbocycles. The highest BCUT2D eigenvalue weighted by Crippen LogP contribution is 2.37. The summed E-state index contributed by atoms with van der Waals surface area (Å²) in [4.78, 5) is 3.87. The monoisotopic (exact) mass is 475 g/mol. The molecule has 0 atom stereocenters. The zero-order valence-electron chi connectivity index (χ0n) is 15.0. The van der Waals surface area contributed by atoms with Gasteiger partial charge in [-0.2, -0.15) is 0 Å². The number of nitrogens with zero attached hydrogens (tertiary/aromatic N) is 1. The fourth-order valence-electron chi connectivity index (χ4n) is 2.39. The minimum atomic E-state index is -4.30. The van der Waals surface area contributed by atoms with E-state index in [1.54, 1.807) is 24.3 Å². The average Bonchev–Trinajstić information content (AvgIpc) is 3.15. The van der Waals surface area contributed by atoms with Crippen LogP contribution in [0.4, 0.5) is 4.39 Å². The third-order valence-corrected chi connectivity index (χ3v) is 9.46. The highest BCUT2D eigenvalue weighted by atomic mass is 35.5. The third-order valence-electron chi connectivity index (χ3n) is 3.88. The third kappa shape index (κ3) is 4.67. The van der Waals surface area contributed by atoms with E-state index in [1.807, 2.05) is 0 Å². The van der Waals surface area contributed by atoms with Crippen LogP contribution in [0.1, 0.15) is 0 Å². The Bertz CT molecular complexity index is 1220. The van der Waals surface area contributed by atoms with Crippen molar-refractivity contribution in [2.75, 3.05) is 19.5 Å². The highest BCUT2D eigenvalue weighted by Gasteiger charge is 2.33. The summed E-state index contributed by atoms with van der Waals surface area (Å²) >= 11 is 6.63. The lowest BCUT2D eigenvalue weighted by molar-refractivity contribution is 0.217. The number of rotatable bonds is 7. The molecule has 0 N–H and O–H groups in total. The largest absolute Gasteiger partial charge is 0.384 e. The number of sulfone groups is 2. The molecule has 154 valence electrons. The maximum absolute atomic E-state index is 13.2. The quantitative estimate of drug-likeness (QED) is 0.482. The van der Waals surface area contributed by atoms with E-state index >= 15 is 0 Å². The van der Waals surface area contributed by atoms with E-state index < -0.39 is 36.3 Å². The van der Waals surface area contributed by atoms with Gasteiger partial charge in [0.05, 0.1) is 17.3 Å². The molecule has 2 aromatic carbocycles. The molecule has 1 aromatic heterocycles. The first-order valence-corrected chi connectivity index (χ1v) is 12.5. The number of hydrogen-bond donors (Lipinski definition) is 0. The first-order chi connectivity index (χ1) is 13.6. The van der Waals surface area contributed by atoms with Gasteiger partial charge in [-0.3, -0.25) is 0 Å². The number of hydrogen-bond acceptors (Lipinski definition) is 7. The van der Waals surface area contributed by atoms with E-state index in [0.717, 1.165) is 35.6 Å². The summed E-state index contributed by atoms with van der Waals surface area (Å²) in [6.45, 7) is -0.105. The summed E-state index contributed by atoms with van der Waals surface area (Å²) in [5, 5.41) is 0.0888. The van der Waals surface area contributed by atoms with Gasteiger partial charge < -0.3 is 4.74 Å². The molecule has 11 heteroatoms. The van der Waals surface area contributed by atoms with E-state index in [0.29, 0.717) is 10.6 Å². The summed E-state index contributed by atoms with van der Waals surface area (Å²) < 4.78 is 69.4. The van der Waals surface area contributed by atoms with Gasteiger partial charge in [-0.05, 0) is 36.4 Å². The minimum absolute atomic E-state index is 0.105. The molecule has 0 saturated carbocycles. The number of aromatic nitrogens is 1. The highest BCUT2D eigenvalue weighted by molar-refractivity contribution is 7.96. The molecule has 0 unspecified atom stereocenters. The Kier molecular flexibility index (Phi) is 6.39. The maximum Gasteiger partial charge on any atom is 0.226 e. The molecular formula is C18H15ClFNO5S3. The topological polar surface area (TPSA) is 90.4 Å². The first kappa shape index (κ1) is 21.8. The second-order valence-electron chi connectivity index (χ2n) is 5.89. The Morgan fingerprint density at radius 2 is 1.66 bits per heavy atom. The average molecular weight is 476 g/mol. The van der Waals surface area contributed by atoms with Crippen molar-refractivity contribution in [2.45, 2.75) is 14.1 Å². The lowest BCUT2D eigenvalue weighted by Gasteiger charge is -2.06. The van der Waals surface area contributed by atoms with E-state index in [1.165, 1.54) is 7.11 Å². The van der Waals surface area contributed by atoms with Gasteiger partial charge in [0.25, 0.3) is 0 Å². The van der Waals surface area contributed by atoms with Gasteiger partial charge in [0, 0.05) is 17.7 Å². The molecule has 0 spiro atoms. The number of methoxy groups -OCH3 is 1. The molecule has 0 aliphatic heterocycles. The fourth-order valence-corrected chi connectivity index (χ4v) is 7.46. The molecule has 0 fully saturated rings. The molecule has 3 aromatic rings. The standard InChI is InChI=1S/C18H15ClFNO5S3/c1-26-10-11-28(22,23)18-17(29(24,25)15-8-6-14(20)7-9-15)21-16(27-18)12-2-4-13(19)5-3-12/h2-9H,10-11H2,1H3. The summed E-state index contributed by atoms with van der Waals surface area (Å²) in [5.41, 5.74) is 0.517. The van der Waals surface area contributed by atoms with Crippen LogP contribution in [0.2, 0.25) is 5.02 Å². The van der Waals surface area contributed by atoms with Crippen molar-refractivity contribution < 1.29 is 26.0 Å². The van der Waals surface area contributed by atoms with Crippen LogP contribution in [0.3, 0.4) is 0 Å². The predicted molar refractivity (Wildman–Crippen MR) is 108 cm³/mol. The van der Waals surface area contributed by atoms with Gasteiger partial charge in [-0.1, -0.05) is 23.7 Å². The van der Waals surface area contributed by atoms with Gasteiger partial charge in [-0.15, -0.1) is 11.3 Å². The molecule has 6 nitrogen and oxygen atoms in total. The molecule has 0 radical (unpaired) electrons. The Labute approximate surface area is 176 Å². The Morgan fingerprint density at radius 3 is 2.24 bits per heavy atom. The van der Waals surface area contributed by atoms with E-state index in [2.05, 4.69) is 4.98 Å².